The van der Waals surface area contributed by atoms with E-state index in [1.807, 2.05) is 0 Å². The third kappa shape index (κ3) is 3.80. The van der Waals surface area contributed by atoms with E-state index >= 15 is 0 Å². The van der Waals surface area contributed by atoms with Crippen LogP contribution in [-0.2, 0) is 0 Å². The molecule has 1 aromatic carbocycles. The van der Waals surface area contributed by atoms with E-state index in [9.17, 15) is 9.50 Å². The van der Waals surface area contributed by atoms with Gasteiger partial charge < -0.3 is 5.11 Å². The van der Waals surface area contributed by atoms with Crippen molar-refractivity contribution >= 4 is 11.8 Å². The van der Waals surface area contributed by atoms with Gasteiger partial charge in [-0.2, -0.15) is 0 Å². The zero-order chi connectivity index (χ0) is 12.1. The molecule has 3 heteroatoms. The quantitative estimate of drug-likeness (QED) is 0.787. The minimum absolute atomic E-state index is 0.230. The average Bonchev–Trinajstić information content (AvgIpc) is 2.26. The van der Waals surface area contributed by atoms with E-state index < -0.39 is 6.10 Å². The molecule has 90 valence electrons. The van der Waals surface area contributed by atoms with E-state index in [0.29, 0.717) is 16.4 Å². The number of benzene rings is 1. The molecule has 2 atom stereocenters. The van der Waals surface area contributed by atoms with Crippen LogP contribution in [0.3, 0.4) is 0 Å². The maximum atomic E-state index is 13.6. The van der Waals surface area contributed by atoms with Crippen molar-refractivity contribution in [3.8, 4) is 0 Å². The first-order chi connectivity index (χ1) is 7.54. The number of hydrogen-bond donors (Lipinski definition) is 1. The minimum Gasteiger partial charge on any atom is -0.389 e. The van der Waals surface area contributed by atoms with E-state index in [-0.39, 0.29) is 5.82 Å². The number of aliphatic hydroxyl groups excluding tert-OH is 1. The second-order valence-corrected chi connectivity index (χ2v) is 5.25. The summed E-state index contributed by atoms with van der Waals surface area (Å²) in [6.07, 6.45) is 0.503. The molecule has 0 saturated carbocycles. The van der Waals surface area contributed by atoms with E-state index in [4.69, 9.17) is 0 Å². The van der Waals surface area contributed by atoms with Crippen molar-refractivity contribution in [1.29, 1.82) is 0 Å². The van der Waals surface area contributed by atoms with Crippen LogP contribution in [0.25, 0.3) is 0 Å². The van der Waals surface area contributed by atoms with Gasteiger partial charge in [-0.1, -0.05) is 26.3 Å². The fourth-order valence-corrected chi connectivity index (χ4v) is 2.30. The van der Waals surface area contributed by atoms with Gasteiger partial charge in [-0.25, -0.2) is 4.39 Å². The molecule has 1 rings (SSSR count). The third-order valence-corrected chi connectivity index (χ3v) is 4.04. The van der Waals surface area contributed by atoms with Crippen LogP contribution in [0.2, 0.25) is 0 Å². The fourth-order valence-electron chi connectivity index (χ4n) is 1.24. The maximum Gasteiger partial charge on any atom is 0.137 e. The first-order valence-electron chi connectivity index (χ1n) is 5.64. The molecular formula is C13H19FOS. The number of thioether (sulfide) groups is 1. The molecule has 0 fully saturated rings. The van der Waals surface area contributed by atoms with Gasteiger partial charge in [-0.05, 0) is 30.5 Å². The van der Waals surface area contributed by atoms with Gasteiger partial charge in [-0.15, -0.1) is 11.8 Å². The Kier molecular flexibility index (Phi) is 5.29. The SMILES string of the molecule is CCC(C)CSc1ccc([C@@H](C)O)cc1F. The third-order valence-electron chi connectivity index (χ3n) is 2.66. The summed E-state index contributed by atoms with van der Waals surface area (Å²) in [5.41, 5.74) is 0.630. The molecule has 1 N–H and O–H groups in total. The predicted molar refractivity (Wildman–Crippen MR) is 67.2 cm³/mol. The zero-order valence-electron chi connectivity index (χ0n) is 10.0. The lowest BCUT2D eigenvalue weighted by Crippen LogP contribution is -1.97. The van der Waals surface area contributed by atoms with Gasteiger partial charge >= 0.3 is 0 Å². The molecule has 0 radical (unpaired) electrons. The van der Waals surface area contributed by atoms with Gasteiger partial charge in [0.2, 0.25) is 0 Å². The average molecular weight is 242 g/mol. The van der Waals surface area contributed by atoms with Crippen molar-refractivity contribution in [2.45, 2.75) is 38.2 Å². The summed E-state index contributed by atoms with van der Waals surface area (Å²) in [5, 5.41) is 9.32. The molecule has 0 spiro atoms. The highest BCUT2D eigenvalue weighted by Gasteiger charge is 2.08. The molecule has 16 heavy (non-hydrogen) atoms. The monoisotopic (exact) mass is 242 g/mol. The molecule has 0 bridgehead atoms. The summed E-state index contributed by atoms with van der Waals surface area (Å²) in [5.74, 6) is 1.30. The Balaban J connectivity index is 2.68. The van der Waals surface area contributed by atoms with Crippen LogP contribution in [0.15, 0.2) is 23.1 Å². The lowest BCUT2D eigenvalue weighted by atomic mass is 10.1. The van der Waals surface area contributed by atoms with Crippen LogP contribution in [0.1, 0.15) is 38.9 Å². The van der Waals surface area contributed by atoms with Crippen LogP contribution < -0.4 is 0 Å². The van der Waals surface area contributed by atoms with Gasteiger partial charge in [0.25, 0.3) is 0 Å². The maximum absolute atomic E-state index is 13.6. The second kappa shape index (κ2) is 6.26. The van der Waals surface area contributed by atoms with Crippen molar-refractivity contribution in [2.75, 3.05) is 5.75 Å². The highest BCUT2D eigenvalue weighted by atomic mass is 32.2. The molecule has 1 unspecified atom stereocenters. The van der Waals surface area contributed by atoms with Crippen molar-refractivity contribution in [1.82, 2.24) is 0 Å². The summed E-state index contributed by atoms with van der Waals surface area (Å²) < 4.78 is 13.6. The van der Waals surface area contributed by atoms with E-state index in [1.54, 1.807) is 30.8 Å². The van der Waals surface area contributed by atoms with Gasteiger partial charge in [0, 0.05) is 10.6 Å². The van der Waals surface area contributed by atoms with Gasteiger partial charge in [-0.3, -0.25) is 0 Å². The lowest BCUT2D eigenvalue weighted by Gasteiger charge is -2.10. The Morgan fingerprint density at radius 2 is 2.06 bits per heavy atom. The molecule has 1 nitrogen and oxygen atoms in total. The Labute approximate surface area is 101 Å². The summed E-state index contributed by atoms with van der Waals surface area (Å²) in [4.78, 5) is 0.671. The summed E-state index contributed by atoms with van der Waals surface area (Å²) >= 11 is 1.54. The highest BCUT2D eigenvalue weighted by molar-refractivity contribution is 7.99. The number of rotatable bonds is 5. The Hall–Kier alpha value is -0.540. The number of aliphatic hydroxyl groups is 1. The predicted octanol–water partition coefficient (Wildman–Crippen LogP) is 4.02. The Bertz CT molecular complexity index is 339. The highest BCUT2D eigenvalue weighted by Crippen LogP contribution is 2.26. The van der Waals surface area contributed by atoms with Crippen molar-refractivity contribution in [3.05, 3.63) is 29.6 Å². The summed E-state index contributed by atoms with van der Waals surface area (Å²) in [6, 6.07) is 4.96. The molecule has 0 heterocycles. The van der Waals surface area contributed by atoms with Crippen molar-refractivity contribution in [3.63, 3.8) is 0 Å². The number of hydrogen-bond acceptors (Lipinski definition) is 2. The number of halogens is 1. The zero-order valence-corrected chi connectivity index (χ0v) is 10.9. The Morgan fingerprint density at radius 1 is 1.38 bits per heavy atom. The molecule has 0 aliphatic heterocycles. The van der Waals surface area contributed by atoms with Crippen LogP contribution in [0.4, 0.5) is 4.39 Å². The van der Waals surface area contributed by atoms with Crippen molar-refractivity contribution in [2.24, 2.45) is 5.92 Å². The van der Waals surface area contributed by atoms with E-state index in [1.165, 1.54) is 6.07 Å². The lowest BCUT2D eigenvalue weighted by molar-refractivity contribution is 0.198. The van der Waals surface area contributed by atoms with E-state index in [0.717, 1.165) is 12.2 Å². The molecule has 0 amide bonds. The van der Waals surface area contributed by atoms with Crippen LogP contribution in [0, 0.1) is 11.7 Å². The standard InChI is InChI=1S/C13H19FOS/c1-4-9(2)8-16-13-6-5-11(10(3)15)7-12(13)14/h5-7,9-10,15H,4,8H2,1-3H3/t9?,10-/m1/s1. The van der Waals surface area contributed by atoms with Crippen LogP contribution >= 0.6 is 11.8 Å². The summed E-state index contributed by atoms with van der Waals surface area (Å²) in [7, 11) is 0. The molecule has 0 saturated heterocycles. The molecule has 0 aromatic heterocycles. The first kappa shape index (κ1) is 13.5. The van der Waals surface area contributed by atoms with Gasteiger partial charge in [0.15, 0.2) is 0 Å². The molecular weight excluding hydrogens is 223 g/mol. The normalized spacial score (nSPS) is 14.8. The van der Waals surface area contributed by atoms with Gasteiger partial charge in [0.05, 0.1) is 6.10 Å². The van der Waals surface area contributed by atoms with Crippen LogP contribution in [0.5, 0.6) is 0 Å². The molecule has 0 aliphatic rings. The first-order valence-corrected chi connectivity index (χ1v) is 6.63. The van der Waals surface area contributed by atoms with E-state index in [2.05, 4.69) is 13.8 Å². The summed E-state index contributed by atoms with van der Waals surface area (Å²) in [6.45, 7) is 5.94. The Morgan fingerprint density at radius 3 is 2.56 bits per heavy atom. The van der Waals surface area contributed by atoms with Crippen molar-refractivity contribution < 1.29 is 9.50 Å². The van der Waals surface area contributed by atoms with Gasteiger partial charge in [0.1, 0.15) is 5.82 Å². The topological polar surface area (TPSA) is 20.2 Å². The van der Waals surface area contributed by atoms with Crippen LogP contribution in [-0.4, -0.2) is 10.9 Å². The molecule has 0 aliphatic carbocycles. The fraction of sp³-hybridized carbons (Fsp3) is 0.538. The smallest absolute Gasteiger partial charge is 0.137 e. The molecule has 1 aromatic rings. The largest absolute Gasteiger partial charge is 0.389 e. The minimum atomic E-state index is -0.608. The second-order valence-electron chi connectivity index (χ2n) is 4.19.